The van der Waals surface area contributed by atoms with E-state index in [4.69, 9.17) is 0 Å². The lowest BCUT2D eigenvalue weighted by Crippen LogP contribution is -2.25. The van der Waals surface area contributed by atoms with Crippen molar-refractivity contribution in [2.45, 2.75) is 13.5 Å². The van der Waals surface area contributed by atoms with Gasteiger partial charge in [-0.05, 0) is 13.0 Å². The summed E-state index contributed by atoms with van der Waals surface area (Å²) in [5.74, 6) is -0.436. The summed E-state index contributed by atoms with van der Waals surface area (Å²) in [6, 6.07) is 15.8. The van der Waals surface area contributed by atoms with E-state index >= 15 is 0 Å². The first-order valence-corrected chi connectivity index (χ1v) is 8.41. The number of amides is 1. The molecular weight excluding hydrogens is 320 g/mol. The molecule has 3 aromatic rings. The maximum absolute atomic E-state index is 12.7. The van der Waals surface area contributed by atoms with Crippen molar-refractivity contribution in [3.8, 4) is 0 Å². The van der Waals surface area contributed by atoms with Crippen molar-refractivity contribution in [1.29, 1.82) is 0 Å². The molecule has 120 valence electrons. The van der Waals surface area contributed by atoms with Crippen LogP contribution < -0.4 is 5.32 Å². The van der Waals surface area contributed by atoms with Gasteiger partial charge >= 0.3 is 0 Å². The molecule has 1 heterocycles. The second kappa shape index (κ2) is 7.19. The number of aromatic nitrogens is 1. The van der Waals surface area contributed by atoms with Crippen LogP contribution in [0.25, 0.3) is 0 Å². The number of rotatable bonds is 5. The first-order valence-electron chi connectivity index (χ1n) is 7.53. The Bertz CT molecular complexity index is 872. The standard InChI is InChI=1S/C19H16N2O2S/c1-13-12-24-17(21-13)11-20-19(23)16-10-6-5-9-15(16)18(22)14-7-3-2-4-8-14/h2-10,12H,11H2,1H3,(H,20,23). The van der Waals surface area contributed by atoms with Crippen LogP contribution in [0, 0.1) is 6.92 Å². The first kappa shape index (κ1) is 16.1. The zero-order valence-electron chi connectivity index (χ0n) is 13.2. The van der Waals surface area contributed by atoms with Crippen molar-refractivity contribution >= 4 is 23.0 Å². The van der Waals surface area contributed by atoms with Gasteiger partial charge in [0, 0.05) is 22.2 Å². The molecule has 5 heteroatoms. The minimum absolute atomic E-state index is 0.161. The van der Waals surface area contributed by atoms with Crippen LogP contribution in [0.1, 0.15) is 37.0 Å². The molecule has 0 aliphatic carbocycles. The summed E-state index contributed by atoms with van der Waals surface area (Å²) in [6.45, 7) is 2.26. The number of nitrogens with one attached hydrogen (secondary N) is 1. The lowest BCUT2D eigenvalue weighted by molar-refractivity contribution is 0.0939. The fraction of sp³-hybridized carbons (Fsp3) is 0.105. The fourth-order valence-corrected chi connectivity index (χ4v) is 3.07. The van der Waals surface area contributed by atoms with Crippen LogP contribution in [0.5, 0.6) is 0 Å². The highest BCUT2D eigenvalue weighted by Crippen LogP contribution is 2.15. The number of aryl methyl sites for hydroxylation is 1. The molecule has 2 aromatic carbocycles. The smallest absolute Gasteiger partial charge is 0.252 e. The van der Waals surface area contributed by atoms with Gasteiger partial charge in [-0.3, -0.25) is 9.59 Å². The number of benzene rings is 2. The topological polar surface area (TPSA) is 59.1 Å². The molecule has 4 nitrogen and oxygen atoms in total. The van der Waals surface area contributed by atoms with Gasteiger partial charge in [0.05, 0.1) is 12.1 Å². The van der Waals surface area contributed by atoms with Crippen LogP contribution in [-0.2, 0) is 6.54 Å². The van der Waals surface area contributed by atoms with Gasteiger partial charge < -0.3 is 5.32 Å². The van der Waals surface area contributed by atoms with Gasteiger partial charge in [0.2, 0.25) is 0 Å². The van der Waals surface area contributed by atoms with E-state index < -0.39 is 0 Å². The predicted molar refractivity (Wildman–Crippen MR) is 94.3 cm³/mol. The second-order valence-electron chi connectivity index (χ2n) is 5.31. The Morgan fingerprint density at radius 3 is 2.33 bits per heavy atom. The molecule has 0 saturated heterocycles. The van der Waals surface area contributed by atoms with E-state index in [-0.39, 0.29) is 11.7 Å². The van der Waals surface area contributed by atoms with E-state index in [9.17, 15) is 9.59 Å². The van der Waals surface area contributed by atoms with E-state index in [1.807, 2.05) is 18.4 Å². The van der Waals surface area contributed by atoms with Gasteiger partial charge in [-0.25, -0.2) is 4.98 Å². The SMILES string of the molecule is Cc1csc(CNC(=O)c2ccccc2C(=O)c2ccccc2)n1. The number of carbonyl (C=O) groups excluding carboxylic acids is 2. The quantitative estimate of drug-likeness (QED) is 0.724. The fourth-order valence-electron chi connectivity index (χ4n) is 2.36. The summed E-state index contributed by atoms with van der Waals surface area (Å²) in [7, 11) is 0. The van der Waals surface area contributed by atoms with E-state index in [2.05, 4.69) is 10.3 Å². The molecule has 0 radical (unpaired) electrons. The molecule has 0 saturated carbocycles. The van der Waals surface area contributed by atoms with Crippen molar-refractivity contribution in [1.82, 2.24) is 10.3 Å². The minimum atomic E-state index is -0.275. The highest BCUT2D eigenvalue weighted by atomic mass is 32.1. The van der Waals surface area contributed by atoms with E-state index in [0.29, 0.717) is 23.2 Å². The zero-order valence-corrected chi connectivity index (χ0v) is 14.0. The number of thiazole rings is 1. The highest BCUT2D eigenvalue weighted by molar-refractivity contribution is 7.09. The number of carbonyl (C=O) groups is 2. The van der Waals surface area contributed by atoms with Crippen molar-refractivity contribution in [3.05, 3.63) is 87.4 Å². The largest absolute Gasteiger partial charge is 0.346 e. The molecular formula is C19H16N2O2S. The number of nitrogens with zero attached hydrogens (tertiary/aromatic N) is 1. The predicted octanol–water partition coefficient (Wildman–Crippen LogP) is 3.61. The molecule has 0 spiro atoms. The molecule has 0 aliphatic heterocycles. The Hall–Kier alpha value is -2.79. The third-order valence-electron chi connectivity index (χ3n) is 3.52. The van der Waals surface area contributed by atoms with Gasteiger partial charge in [-0.1, -0.05) is 48.5 Å². The van der Waals surface area contributed by atoms with Crippen LogP contribution in [0.4, 0.5) is 0 Å². The molecule has 0 bridgehead atoms. The molecule has 0 aliphatic rings. The summed E-state index contributed by atoms with van der Waals surface area (Å²) >= 11 is 1.50. The summed E-state index contributed by atoms with van der Waals surface area (Å²) in [5, 5.41) is 5.61. The van der Waals surface area contributed by atoms with Gasteiger partial charge in [0.1, 0.15) is 5.01 Å². The maximum atomic E-state index is 12.7. The molecule has 0 atom stereocenters. The van der Waals surface area contributed by atoms with Crippen molar-refractivity contribution < 1.29 is 9.59 Å². The average Bonchev–Trinajstić information content (AvgIpc) is 3.05. The highest BCUT2D eigenvalue weighted by Gasteiger charge is 2.17. The summed E-state index contributed by atoms with van der Waals surface area (Å²) < 4.78 is 0. The van der Waals surface area contributed by atoms with Crippen LogP contribution in [-0.4, -0.2) is 16.7 Å². The van der Waals surface area contributed by atoms with Crippen LogP contribution in [0.15, 0.2) is 60.0 Å². The Kier molecular flexibility index (Phi) is 4.82. The third kappa shape index (κ3) is 3.58. The van der Waals surface area contributed by atoms with Crippen molar-refractivity contribution in [2.24, 2.45) is 0 Å². The summed E-state index contributed by atoms with van der Waals surface area (Å²) in [4.78, 5) is 29.5. The van der Waals surface area contributed by atoms with Crippen LogP contribution >= 0.6 is 11.3 Å². The molecule has 1 amide bonds. The van der Waals surface area contributed by atoms with Crippen LogP contribution in [0.2, 0.25) is 0 Å². The Labute approximate surface area is 144 Å². The summed E-state index contributed by atoms with van der Waals surface area (Å²) in [5.41, 5.74) is 2.27. The first-order chi connectivity index (χ1) is 11.6. The van der Waals surface area contributed by atoms with Crippen LogP contribution in [0.3, 0.4) is 0 Å². The Balaban J connectivity index is 1.81. The van der Waals surface area contributed by atoms with Gasteiger partial charge in [0.25, 0.3) is 5.91 Å². The second-order valence-corrected chi connectivity index (χ2v) is 6.25. The monoisotopic (exact) mass is 336 g/mol. The van der Waals surface area contributed by atoms with Crippen molar-refractivity contribution in [2.75, 3.05) is 0 Å². The Morgan fingerprint density at radius 1 is 1.00 bits per heavy atom. The number of hydrogen-bond donors (Lipinski definition) is 1. The lowest BCUT2D eigenvalue weighted by atomic mass is 9.98. The van der Waals surface area contributed by atoms with Gasteiger partial charge in [-0.2, -0.15) is 0 Å². The number of hydrogen-bond acceptors (Lipinski definition) is 4. The van der Waals surface area contributed by atoms with Crippen molar-refractivity contribution in [3.63, 3.8) is 0 Å². The van der Waals surface area contributed by atoms with Gasteiger partial charge in [-0.15, -0.1) is 11.3 Å². The third-order valence-corrected chi connectivity index (χ3v) is 4.49. The molecule has 1 N–H and O–H groups in total. The molecule has 0 unspecified atom stereocenters. The molecule has 3 rings (SSSR count). The number of ketones is 1. The van der Waals surface area contributed by atoms with E-state index in [1.165, 1.54) is 11.3 Å². The normalized spacial score (nSPS) is 10.4. The minimum Gasteiger partial charge on any atom is -0.346 e. The van der Waals surface area contributed by atoms with Gasteiger partial charge in [0.15, 0.2) is 5.78 Å². The molecule has 1 aromatic heterocycles. The molecule has 24 heavy (non-hydrogen) atoms. The maximum Gasteiger partial charge on any atom is 0.252 e. The lowest BCUT2D eigenvalue weighted by Gasteiger charge is -2.09. The molecule has 0 fully saturated rings. The average molecular weight is 336 g/mol. The van der Waals surface area contributed by atoms with E-state index in [1.54, 1.807) is 48.5 Å². The van der Waals surface area contributed by atoms with E-state index in [0.717, 1.165) is 10.7 Å². The summed E-state index contributed by atoms with van der Waals surface area (Å²) in [6.07, 6.45) is 0. The zero-order chi connectivity index (χ0) is 16.9. The Morgan fingerprint density at radius 2 is 1.67 bits per heavy atom.